The summed E-state index contributed by atoms with van der Waals surface area (Å²) in [5.74, 6) is 0.202. The smallest absolute Gasteiger partial charge is 0.328 e. The molecular formula is C8H17F3N2. The molecule has 0 spiro atoms. The van der Waals surface area contributed by atoms with Gasteiger partial charge in [0.25, 0.3) is 0 Å². The van der Waals surface area contributed by atoms with Crippen LogP contribution in [0.2, 0.25) is 0 Å². The van der Waals surface area contributed by atoms with E-state index in [-0.39, 0.29) is 18.5 Å². The van der Waals surface area contributed by atoms with E-state index in [0.717, 1.165) is 0 Å². The van der Waals surface area contributed by atoms with Gasteiger partial charge in [-0.3, -0.25) is 0 Å². The molecule has 0 aliphatic carbocycles. The lowest BCUT2D eigenvalue weighted by Crippen LogP contribution is -2.34. The van der Waals surface area contributed by atoms with E-state index < -0.39 is 12.6 Å². The van der Waals surface area contributed by atoms with E-state index in [1.165, 1.54) is 0 Å². The first-order valence-electron chi connectivity index (χ1n) is 4.36. The number of hydrogen-bond donors (Lipinski definition) is 2. The van der Waals surface area contributed by atoms with Crippen molar-refractivity contribution in [3.63, 3.8) is 0 Å². The van der Waals surface area contributed by atoms with E-state index in [9.17, 15) is 13.2 Å². The van der Waals surface area contributed by atoms with Gasteiger partial charge in [0, 0.05) is 12.6 Å². The number of hydrogen-bond acceptors (Lipinski definition) is 2. The molecule has 0 amide bonds. The first-order valence-corrected chi connectivity index (χ1v) is 4.36. The molecule has 0 aromatic rings. The second-order valence-corrected chi connectivity index (χ2v) is 3.41. The SMILES string of the molecule is CC(N)C(C)CNCCC(F)(F)F. The van der Waals surface area contributed by atoms with E-state index in [2.05, 4.69) is 5.32 Å². The Bertz CT molecular complexity index is 134. The molecule has 0 radical (unpaired) electrons. The van der Waals surface area contributed by atoms with Crippen molar-refractivity contribution in [1.82, 2.24) is 5.32 Å². The van der Waals surface area contributed by atoms with Crippen LogP contribution in [0, 0.1) is 5.92 Å². The van der Waals surface area contributed by atoms with E-state index in [4.69, 9.17) is 5.73 Å². The van der Waals surface area contributed by atoms with Crippen molar-refractivity contribution >= 4 is 0 Å². The third kappa shape index (κ3) is 8.05. The Balaban J connectivity index is 3.36. The van der Waals surface area contributed by atoms with Gasteiger partial charge in [0.15, 0.2) is 0 Å². The lowest BCUT2D eigenvalue weighted by atomic mass is 10.1. The van der Waals surface area contributed by atoms with Crippen LogP contribution in [0.1, 0.15) is 20.3 Å². The fourth-order valence-electron chi connectivity index (χ4n) is 0.746. The molecular weight excluding hydrogens is 181 g/mol. The normalized spacial score (nSPS) is 17.1. The molecule has 0 rings (SSSR count). The molecule has 0 bridgehead atoms. The highest BCUT2D eigenvalue weighted by molar-refractivity contribution is 4.66. The maximum Gasteiger partial charge on any atom is 0.390 e. The van der Waals surface area contributed by atoms with Crippen LogP contribution >= 0.6 is 0 Å². The largest absolute Gasteiger partial charge is 0.390 e. The fraction of sp³-hybridized carbons (Fsp3) is 1.00. The molecule has 2 nitrogen and oxygen atoms in total. The Hall–Kier alpha value is -0.290. The Morgan fingerprint density at radius 1 is 1.31 bits per heavy atom. The molecule has 0 saturated carbocycles. The first-order chi connectivity index (χ1) is 5.83. The van der Waals surface area contributed by atoms with Crippen LogP contribution in [-0.4, -0.2) is 25.3 Å². The van der Waals surface area contributed by atoms with E-state index in [1.807, 2.05) is 13.8 Å². The molecule has 0 aromatic heterocycles. The molecule has 0 aliphatic heterocycles. The number of alkyl halides is 3. The summed E-state index contributed by atoms with van der Waals surface area (Å²) in [6.45, 7) is 4.26. The van der Waals surface area contributed by atoms with Gasteiger partial charge < -0.3 is 11.1 Å². The molecule has 0 aromatic carbocycles. The van der Waals surface area contributed by atoms with Crippen LogP contribution in [0.15, 0.2) is 0 Å². The van der Waals surface area contributed by atoms with Gasteiger partial charge in [0.2, 0.25) is 0 Å². The summed E-state index contributed by atoms with van der Waals surface area (Å²) in [6.07, 6.45) is -4.84. The molecule has 3 N–H and O–H groups in total. The standard InChI is InChI=1S/C8H17F3N2/c1-6(7(2)12)5-13-4-3-8(9,10)11/h6-7,13H,3-5,12H2,1-2H3. The van der Waals surface area contributed by atoms with Crippen molar-refractivity contribution in [2.45, 2.75) is 32.5 Å². The average molecular weight is 198 g/mol. The highest BCUT2D eigenvalue weighted by atomic mass is 19.4. The lowest BCUT2D eigenvalue weighted by Gasteiger charge is -2.16. The quantitative estimate of drug-likeness (QED) is 0.657. The van der Waals surface area contributed by atoms with Crippen LogP contribution < -0.4 is 11.1 Å². The summed E-state index contributed by atoms with van der Waals surface area (Å²) in [5.41, 5.74) is 5.54. The number of nitrogens with one attached hydrogen (secondary N) is 1. The van der Waals surface area contributed by atoms with E-state index in [1.54, 1.807) is 0 Å². The molecule has 0 fully saturated rings. The average Bonchev–Trinajstić information content (AvgIpc) is 1.95. The summed E-state index contributed by atoms with van der Waals surface area (Å²) in [4.78, 5) is 0. The molecule has 2 unspecified atom stereocenters. The Kier molecular flexibility index (Phi) is 5.32. The van der Waals surface area contributed by atoms with Gasteiger partial charge in [-0.05, 0) is 19.4 Å². The summed E-state index contributed by atoms with van der Waals surface area (Å²) < 4.78 is 35.0. The van der Waals surface area contributed by atoms with Crippen molar-refractivity contribution < 1.29 is 13.2 Å². The maximum absolute atomic E-state index is 11.7. The lowest BCUT2D eigenvalue weighted by molar-refractivity contribution is -0.133. The minimum Gasteiger partial charge on any atom is -0.328 e. The van der Waals surface area contributed by atoms with Crippen LogP contribution in [0.25, 0.3) is 0 Å². The van der Waals surface area contributed by atoms with Gasteiger partial charge in [-0.25, -0.2) is 0 Å². The monoisotopic (exact) mass is 198 g/mol. The predicted molar refractivity (Wildman–Crippen MR) is 46.4 cm³/mol. The van der Waals surface area contributed by atoms with Crippen molar-refractivity contribution in [3.8, 4) is 0 Å². The zero-order valence-electron chi connectivity index (χ0n) is 7.99. The van der Waals surface area contributed by atoms with Crippen LogP contribution in [0.3, 0.4) is 0 Å². The van der Waals surface area contributed by atoms with E-state index >= 15 is 0 Å². The summed E-state index contributed by atoms with van der Waals surface area (Å²) in [6, 6.07) is 0.0124. The Morgan fingerprint density at radius 2 is 1.85 bits per heavy atom. The fourth-order valence-corrected chi connectivity index (χ4v) is 0.746. The van der Waals surface area contributed by atoms with Crippen LogP contribution in [-0.2, 0) is 0 Å². The third-order valence-electron chi connectivity index (χ3n) is 1.95. The molecule has 0 saturated heterocycles. The minimum absolute atomic E-state index is 0.0124. The van der Waals surface area contributed by atoms with Gasteiger partial charge in [0.05, 0.1) is 6.42 Å². The molecule has 0 heterocycles. The van der Waals surface area contributed by atoms with Gasteiger partial charge in [-0.15, -0.1) is 0 Å². The second kappa shape index (κ2) is 5.44. The Morgan fingerprint density at radius 3 is 2.23 bits per heavy atom. The zero-order chi connectivity index (χ0) is 10.5. The highest BCUT2D eigenvalue weighted by Crippen LogP contribution is 2.18. The van der Waals surface area contributed by atoms with Gasteiger partial charge in [-0.2, -0.15) is 13.2 Å². The highest BCUT2D eigenvalue weighted by Gasteiger charge is 2.25. The molecule has 80 valence electrons. The second-order valence-electron chi connectivity index (χ2n) is 3.41. The first kappa shape index (κ1) is 12.7. The minimum atomic E-state index is -4.06. The molecule has 5 heteroatoms. The Labute approximate surface area is 76.7 Å². The summed E-state index contributed by atoms with van der Waals surface area (Å²) in [5, 5.41) is 2.72. The van der Waals surface area contributed by atoms with Crippen molar-refractivity contribution in [2.75, 3.05) is 13.1 Å². The molecule has 2 atom stereocenters. The molecule has 13 heavy (non-hydrogen) atoms. The number of nitrogens with two attached hydrogens (primary N) is 1. The van der Waals surface area contributed by atoms with Crippen molar-refractivity contribution in [3.05, 3.63) is 0 Å². The molecule has 0 aliphatic rings. The van der Waals surface area contributed by atoms with E-state index in [0.29, 0.717) is 6.54 Å². The predicted octanol–water partition coefficient (Wildman–Crippen LogP) is 1.51. The maximum atomic E-state index is 11.7. The van der Waals surface area contributed by atoms with Gasteiger partial charge in [0.1, 0.15) is 0 Å². The van der Waals surface area contributed by atoms with Crippen molar-refractivity contribution in [1.29, 1.82) is 0 Å². The van der Waals surface area contributed by atoms with Gasteiger partial charge in [-0.1, -0.05) is 6.92 Å². The van der Waals surface area contributed by atoms with Gasteiger partial charge >= 0.3 is 6.18 Å². The van der Waals surface area contributed by atoms with Crippen molar-refractivity contribution in [2.24, 2.45) is 11.7 Å². The zero-order valence-corrected chi connectivity index (χ0v) is 7.99. The summed E-state index contributed by atoms with van der Waals surface area (Å²) >= 11 is 0. The number of halogens is 3. The topological polar surface area (TPSA) is 38.0 Å². The number of rotatable bonds is 5. The van der Waals surface area contributed by atoms with Crippen LogP contribution in [0.5, 0.6) is 0 Å². The van der Waals surface area contributed by atoms with Crippen LogP contribution in [0.4, 0.5) is 13.2 Å². The third-order valence-corrected chi connectivity index (χ3v) is 1.95. The summed E-state index contributed by atoms with van der Waals surface area (Å²) in [7, 11) is 0.